The SMILES string of the molecule is CCOc1ccc(NC(=O)Cc2c(C)noc2C)cc1S(=O)(=O)N1CCCC1. The minimum atomic E-state index is -3.68. The molecule has 0 radical (unpaired) electrons. The Morgan fingerprint density at radius 2 is 2.00 bits per heavy atom. The van der Waals surface area contributed by atoms with Gasteiger partial charge in [-0.3, -0.25) is 4.79 Å². The molecule has 152 valence electrons. The molecule has 0 spiro atoms. The van der Waals surface area contributed by atoms with Crippen LogP contribution in [0, 0.1) is 13.8 Å². The molecule has 1 aromatic carbocycles. The summed E-state index contributed by atoms with van der Waals surface area (Å²) in [5, 5.41) is 6.60. The maximum atomic E-state index is 13.0. The van der Waals surface area contributed by atoms with E-state index in [4.69, 9.17) is 9.26 Å². The van der Waals surface area contributed by atoms with Crippen LogP contribution in [-0.4, -0.2) is 43.5 Å². The second-order valence-electron chi connectivity index (χ2n) is 6.73. The van der Waals surface area contributed by atoms with E-state index in [0.717, 1.165) is 18.4 Å². The maximum absolute atomic E-state index is 13.0. The maximum Gasteiger partial charge on any atom is 0.246 e. The molecular weight excluding hydrogens is 382 g/mol. The van der Waals surface area contributed by atoms with Gasteiger partial charge in [0.1, 0.15) is 16.4 Å². The molecule has 8 nitrogen and oxygen atoms in total. The van der Waals surface area contributed by atoms with Gasteiger partial charge in [-0.15, -0.1) is 0 Å². The third-order valence-corrected chi connectivity index (χ3v) is 6.65. The first-order chi connectivity index (χ1) is 13.3. The molecule has 3 rings (SSSR count). The number of ether oxygens (including phenoxy) is 1. The second-order valence-corrected chi connectivity index (χ2v) is 8.64. The van der Waals surface area contributed by atoms with E-state index in [9.17, 15) is 13.2 Å². The fourth-order valence-corrected chi connectivity index (χ4v) is 4.92. The predicted octanol–water partition coefficient (Wildman–Crippen LogP) is 2.66. The Labute approximate surface area is 164 Å². The first-order valence-electron chi connectivity index (χ1n) is 9.31. The molecule has 1 fully saturated rings. The Bertz CT molecular complexity index is 942. The van der Waals surface area contributed by atoms with E-state index in [-0.39, 0.29) is 23.0 Å². The Kier molecular flexibility index (Phi) is 6.04. The van der Waals surface area contributed by atoms with Crippen LogP contribution < -0.4 is 10.1 Å². The van der Waals surface area contributed by atoms with Crippen LogP contribution >= 0.6 is 0 Å². The van der Waals surface area contributed by atoms with E-state index in [1.54, 1.807) is 32.9 Å². The van der Waals surface area contributed by atoms with Crippen LogP contribution in [0.4, 0.5) is 5.69 Å². The molecule has 2 aromatic rings. The van der Waals surface area contributed by atoms with Crippen LogP contribution in [0.1, 0.15) is 36.8 Å². The normalized spacial score (nSPS) is 15.0. The van der Waals surface area contributed by atoms with Gasteiger partial charge < -0.3 is 14.6 Å². The largest absolute Gasteiger partial charge is 0.492 e. The molecule has 0 saturated carbocycles. The minimum absolute atomic E-state index is 0.0754. The molecule has 9 heteroatoms. The summed E-state index contributed by atoms with van der Waals surface area (Å²) in [6.07, 6.45) is 1.79. The molecule has 1 aromatic heterocycles. The molecule has 28 heavy (non-hydrogen) atoms. The van der Waals surface area contributed by atoms with Crippen molar-refractivity contribution in [3.8, 4) is 5.75 Å². The zero-order valence-electron chi connectivity index (χ0n) is 16.3. The second kappa shape index (κ2) is 8.32. The van der Waals surface area contributed by atoms with Gasteiger partial charge in [0.2, 0.25) is 15.9 Å². The number of nitrogens with one attached hydrogen (secondary N) is 1. The molecule has 0 unspecified atom stereocenters. The summed E-state index contributed by atoms with van der Waals surface area (Å²) in [6, 6.07) is 4.68. The lowest BCUT2D eigenvalue weighted by Gasteiger charge is -2.19. The molecule has 0 bridgehead atoms. The lowest BCUT2D eigenvalue weighted by atomic mass is 10.1. The van der Waals surface area contributed by atoms with Crippen molar-refractivity contribution in [3.05, 3.63) is 35.2 Å². The van der Waals surface area contributed by atoms with Crippen LogP contribution in [-0.2, 0) is 21.2 Å². The summed E-state index contributed by atoms with van der Waals surface area (Å²) < 4.78 is 38.1. The number of anilines is 1. The lowest BCUT2D eigenvalue weighted by Crippen LogP contribution is -2.28. The summed E-state index contributed by atoms with van der Waals surface area (Å²) in [5.74, 6) is 0.609. The molecule has 2 heterocycles. The number of amides is 1. The number of carbonyl (C=O) groups excluding carboxylic acids is 1. The fourth-order valence-electron chi connectivity index (χ4n) is 3.25. The Morgan fingerprint density at radius 1 is 1.29 bits per heavy atom. The molecule has 1 aliphatic rings. The van der Waals surface area contributed by atoms with E-state index in [2.05, 4.69) is 10.5 Å². The van der Waals surface area contributed by atoms with Gasteiger partial charge in [-0.1, -0.05) is 5.16 Å². The van der Waals surface area contributed by atoms with Gasteiger partial charge in [-0.2, -0.15) is 4.31 Å². The summed E-state index contributed by atoms with van der Waals surface area (Å²) in [5.41, 5.74) is 1.79. The van der Waals surface area contributed by atoms with Gasteiger partial charge in [-0.25, -0.2) is 8.42 Å². The molecule has 0 atom stereocenters. The number of rotatable bonds is 7. The first kappa shape index (κ1) is 20.3. The number of hydrogen-bond donors (Lipinski definition) is 1. The topological polar surface area (TPSA) is 102 Å². The van der Waals surface area contributed by atoms with Crippen molar-refractivity contribution in [1.29, 1.82) is 0 Å². The van der Waals surface area contributed by atoms with Gasteiger partial charge in [0.25, 0.3) is 0 Å². The van der Waals surface area contributed by atoms with Crippen LogP contribution in [0.5, 0.6) is 5.75 Å². The van der Waals surface area contributed by atoms with Crippen LogP contribution in [0.25, 0.3) is 0 Å². The molecular formula is C19H25N3O5S. The highest BCUT2D eigenvalue weighted by atomic mass is 32.2. The first-order valence-corrected chi connectivity index (χ1v) is 10.8. The van der Waals surface area contributed by atoms with Crippen LogP contribution in [0.15, 0.2) is 27.6 Å². The monoisotopic (exact) mass is 407 g/mol. The van der Waals surface area contributed by atoms with Gasteiger partial charge in [0, 0.05) is 24.3 Å². The average Bonchev–Trinajstić information content (AvgIpc) is 3.30. The van der Waals surface area contributed by atoms with E-state index >= 15 is 0 Å². The van der Waals surface area contributed by atoms with Crippen LogP contribution in [0.3, 0.4) is 0 Å². The van der Waals surface area contributed by atoms with Gasteiger partial charge in [0.05, 0.1) is 18.7 Å². The lowest BCUT2D eigenvalue weighted by molar-refractivity contribution is -0.115. The molecule has 1 saturated heterocycles. The highest BCUT2D eigenvalue weighted by Gasteiger charge is 2.30. The van der Waals surface area contributed by atoms with Crippen molar-refractivity contribution in [2.24, 2.45) is 0 Å². The number of benzene rings is 1. The van der Waals surface area contributed by atoms with E-state index in [1.807, 2.05) is 0 Å². The third kappa shape index (κ3) is 4.20. The standard InChI is InChI=1S/C19H25N3O5S/c1-4-26-17-8-7-15(11-18(17)28(24,25)22-9-5-6-10-22)20-19(23)12-16-13(2)21-27-14(16)3/h7-8,11H,4-6,9-10,12H2,1-3H3,(H,20,23). The van der Waals surface area contributed by atoms with Crippen molar-refractivity contribution < 1.29 is 22.5 Å². The van der Waals surface area contributed by atoms with Gasteiger partial charge in [0.15, 0.2) is 0 Å². The summed E-state index contributed by atoms with van der Waals surface area (Å²) >= 11 is 0. The number of hydrogen-bond acceptors (Lipinski definition) is 6. The number of sulfonamides is 1. The Balaban J connectivity index is 1.85. The average molecular weight is 407 g/mol. The zero-order chi connectivity index (χ0) is 20.3. The number of carbonyl (C=O) groups is 1. The van der Waals surface area contributed by atoms with E-state index < -0.39 is 10.0 Å². The smallest absolute Gasteiger partial charge is 0.246 e. The van der Waals surface area contributed by atoms with Crippen molar-refractivity contribution in [2.45, 2.75) is 44.9 Å². The van der Waals surface area contributed by atoms with Crippen LogP contribution in [0.2, 0.25) is 0 Å². The molecule has 0 aliphatic carbocycles. The third-order valence-electron chi connectivity index (χ3n) is 4.73. The Morgan fingerprint density at radius 3 is 2.61 bits per heavy atom. The Hall–Kier alpha value is -2.39. The molecule has 1 aliphatic heterocycles. The predicted molar refractivity (Wildman–Crippen MR) is 104 cm³/mol. The van der Waals surface area contributed by atoms with Crippen molar-refractivity contribution in [3.63, 3.8) is 0 Å². The highest BCUT2D eigenvalue weighted by molar-refractivity contribution is 7.89. The van der Waals surface area contributed by atoms with Crippen molar-refractivity contribution in [2.75, 3.05) is 25.0 Å². The summed E-state index contributed by atoms with van der Waals surface area (Å²) in [6.45, 7) is 6.66. The minimum Gasteiger partial charge on any atom is -0.492 e. The highest BCUT2D eigenvalue weighted by Crippen LogP contribution is 2.31. The van der Waals surface area contributed by atoms with Crippen molar-refractivity contribution >= 4 is 21.6 Å². The quantitative estimate of drug-likeness (QED) is 0.757. The van der Waals surface area contributed by atoms with Gasteiger partial charge in [-0.05, 0) is 51.8 Å². The number of aryl methyl sites for hydroxylation is 2. The molecule has 1 N–H and O–H groups in total. The number of nitrogens with zero attached hydrogens (tertiary/aromatic N) is 2. The van der Waals surface area contributed by atoms with Crippen molar-refractivity contribution in [1.82, 2.24) is 9.46 Å². The van der Waals surface area contributed by atoms with E-state index in [0.29, 0.717) is 36.8 Å². The molecule has 1 amide bonds. The zero-order valence-corrected chi connectivity index (χ0v) is 17.1. The number of aromatic nitrogens is 1. The van der Waals surface area contributed by atoms with Gasteiger partial charge >= 0.3 is 0 Å². The summed E-state index contributed by atoms with van der Waals surface area (Å²) in [4.78, 5) is 12.5. The van der Waals surface area contributed by atoms with E-state index in [1.165, 1.54) is 10.4 Å². The fraction of sp³-hybridized carbons (Fsp3) is 0.474. The summed E-state index contributed by atoms with van der Waals surface area (Å²) in [7, 11) is -3.68.